The molecule has 0 radical (unpaired) electrons. The minimum absolute atomic E-state index is 0.0635. The fraction of sp³-hybridized carbons (Fsp3) is 0.577. The highest BCUT2D eigenvalue weighted by Crippen LogP contribution is 2.52. The van der Waals surface area contributed by atoms with Gasteiger partial charge in [-0.05, 0) is 47.1 Å². The predicted octanol–water partition coefficient (Wildman–Crippen LogP) is 7.21. The zero-order valence-corrected chi connectivity index (χ0v) is 20.3. The van der Waals surface area contributed by atoms with Crippen LogP contribution in [0.15, 0.2) is 47.2 Å². The zero-order valence-electron chi connectivity index (χ0n) is 19.3. The van der Waals surface area contributed by atoms with Crippen LogP contribution in [-0.2, 0) is 0 Å². The Kier molecular flexibility index (Phi) is 7.91. The van der Waals surface area contributed by atoms with E-state index in [2.05, 4.69) is 60.6 Å². The molecular formula is C26H39O2P. The first-order chi connectivity index (χ1) is 13.6. The lowest BCUT2D eigenvalue weighted by Crippen LogP contribution is -2.37. The van der Waals surface area contributed by atoms with E-state index < -0.39 is 0 Å². The van der Waals surface area contributed by atoms with Crippen molar-refractivity contribution in [3.63, 3.8) is 0 Å². The van der Waals surface area contributed by atoms with Crippen molar-refractivity contribution < 1.29 is 9.90 Å². The van der Waals surface area contributed by atoms with Gasteiger partial charge in [-0.2, -0.15) is 0 Å². The molecule has 160 valence electrons. The smallest absolute Gasteiger partial charge is 0.150 e. The second-order valence-corrected chi connectivity index (χ2v) is 11.3. The van der Waals surface area contributed by atoms with Gasteiger partial charge in [0.25, 0.3) is 0 Å². The number of carbonyl (C=O) groups excluding carboxylic acids is 1. The highest BCUT2D eigenvalue weighted by Gasteiger charge is 2.42. The van der Waals surface area contributed by atoms with E-state index in [0.717, 1.165) is 48.4 Å². The van der Waals surface area contributed by atoms with E-state index in [1.54, 1.807) is 0 Å². The third-order valence-corrected chi connectivity index (χ3v) is 9.23. The third-order valence-electron chi connectivity index (χ3n) is 7.23. The summed E-state index contributed by atoms with van der Waals surface area (Å²) < 4.78 is 0. The molecule has 1 aromatic carbocycles. The second-order valence-electron chi connectivity index (χ2n) is 9.38. The number of benzene rings is 1. The van der Waals surface area contributed by atoms with Crippen molar-refractivity contribution in [3.05, 3.63) is 52.8 Å². The number of aliphatic hydroxyl groups is 1. The van der Waals surface area contributed by atoms with E-state index in [1.807, 2.05) is 18.2 Å². The highest BCUT2D eigenvalue weighted by atomic mass is 31.1. The van der Waals surface area contributed by atoms with Crippen LogP contribution >= 0.6 is 8.58 Å². The van der Waals surface area contributed by atoms with Gasteiger partial charge in [0.05, 0.1) is 0 Å². The Morgan fingerprint density at radius 3 is 2.34 bits per heavy atom. The lowest BCUT2D eigenvalue weighted by atomic mass is 9.66. The molecule has 1 aromatic rings. The monoisotopic (exact) mass is 414 g/mol. The Bertz CT molecular complexity index is 786. The Morgan fingerprint density at radius 1 is 1.17 bits per heavy atom. The molecule has 3 unspecified atom stereocenters. The van der Waals surface area contributed by atoms with Crippen molar-refractivity contribution in [2.24, 2.45) is 17.3 Å². The molecule has 3 heteroatoms. The summed E-state index contributed by atoms with van der Waals surface area (Å²) in [4.78, 5) is 11.6. The molecule has 2 nitrogen and oxygen atoms in total. The normalized spacial score (nSPS) is 20.3. The number of aldehydes is 1. The van der Waals surface area contributed by atoms with Crippen molar-refractivity contribution in [2.75, 3.05) is 0 Å². The number of allylic oxidation sites excluding steroid dienone is 4. The summed E-state index contributed by atoms with van der Waals surface area (Å²) in [5, 5.41) is 12.6. The van der Waals surface area contributed by atoms with Gasteiger partial charge in [0, 0.05) is 11.5 Å². The number of hydrogen-bond acceptors (Lipinski definition) is 2. The van der Waals surface area contributed by atoms with Crippen LogP contribution in [0, 0.1) is 17.3 Å². The number of carbonyl (C=O) groups is 1. The van der Waals surface area contributed by atoms with Crippen LogP contribution in [-0.4, -0.2) is 16.5 Å². The Hall–Kier alpha value is -1.40. The van der Waals surface area contributed by atoms with Crippen molar-refractivity contribution in [1.82, 2.24) is 0 Å². The molecule has 0 aliphatic heterocycles. The Morgan fingerprint density at radius 2 is 1.79 bits per heavy atom. The van der Waals surface area contributed by atoms with Crippen LogP contribution in [0.2, 0.25) is 0 Å². The molecule has 1 aliphatic carbocycles. The van der Waals surface area contributed by atoms with Crippen LogP contribution in [0.4, 0.5) is 0 Å². The molecule has 1 N–H and O–H groups in total. The quantitative estimate of drug-likeness (QED) is 0.342. The summed E-state index contributed by atoms with van der Waals surface area (Å²) >= 11 is 0. The second kappa shape index (κ2) is 9.61. The summed E-state index contributed by atoms with van der Waals surface area (Å²) in [5.74, 6) is 1.20. The van der Waals surface area contributed by atoms with Crippen LogP contribution < -0.4 is 5.30 Å². The summed E-state index contributed by atoms with van der Waals surface area (Å²) in [6.45, 7) is 15.8. The third kappa shape index (κ3) is 4.85. The SMILES string of the molecule is CCC(CC)C(C)(C)C1=C(O)C(C(C)(CC)Pc2ccccc2C=O)CC(C)=C1. The first-order valence-corrected chi connectivity index (χ1v) is 12.1. The van der Waals surface area contributed by atoms with Gasteiger partial charge in [-0.15, -0.1) is 0 Å². The molecule has 2 rings (SSSR count). The molecule has 0 saturated heterocycles. The highest BCUT2D eigenvalue weighted by molar-refractivity contribution is 7.49. The largest absolute Gasteiger partial charge is 0.512 e. The average molecular weight is 415 g/mol. The predicted molar refractivity (Wildman–Crippen MR) is 128 cm³/mol. The van der Waals surface area contributed by atoms with Gasteiger partial charge in [-0.1, -0.05) is 98.9 Å². The van der Waals surface area contributed by atoms with Gasteiger partial charge in [-0.3, -0.25) is 4.79 Å². The first-order valence-electron chi connectivity index (χ1n) is 11.1. The van der Waals surface area contributed by atoms with Crippen LogP contribution in [0.1, 0.15) is 84.5 Å². The minimum Gasteiger partial charge on any atom is -0.512 e. The molecule has 1 aliphatic rings. The Balaban J connectivity index is 2.51. The number of aliphatic hydroxyl groups excluding tert-OH is 1. The summed E-state index contributed by atoms with van der Waals surface area (Å²) in [6.07, 6.45) is 7.26. The molecule has 0 amide bonds. The number of rotatable bonds is 9. The molecule has 0 bridgehead atoms. The summed E-state index contributed by atoms with van der Waals surface area (Å²) in [5.41, 5.74) is 3.17. The molecule has 3 atom stereocenters. The lowest BCUT2D eigenvalue weighted by Gasteiger charge is -2.43. The summed E-state index contributed by atoms with van der Waals surface area (Å²) in [7, 11) is 0.476. The molecular weight excluding hydrogens is 375 g/mol. The van der Waals surface area contributed by atoms with Gasteiger partial charge < -0.3 is 5.11 Å². The van der Waals surface area contributed by atoms with Gasteiger partial charge in [0.15, 0.2) is 6.29 Å². The van der Waals surface area contributed by atoms with E-state index in [-0.39, 0.29) is 16.5 Å². The maximum absolute atomic E-state index is 11.6. The maximum Gasteiger partial charge on any atom is 0.150 e. The van der Waals surface area contributed by atoms with E-state index in [1.165, 1.54) is 5.57 Å². The van der Waals surface area contributed by atoms with E-state index in [0.29, 0.717) is 20.3 Å². The van der Waals surface area contributed by atoms with E-state index >= 15 is 0 Å². The van der Waals surface area contributed by atoms with Crippen molar-refractivity contribution in [1.29, 1.82) is 0 Å². The van der Waals surface area contributed by atoms with Gasteiger partial charge in [0.1, 0.15) is 5.76 Å². The average Bonchev–Trinajstić information content (AvgIpc) is 2.70. The van der Waals surface area contributed by atoms with Crippen molar-refractivity contribution >= 4 is 20.2 Å². The Labute approximate surface area is 179 Å². The van der Waals surface area contributed by atoms with Crippen LogP contribution in [0.25, 0.3) is 0 Å². The topological polar surface area (TPSA) is 37.3 Å². The fourth-order valence-electron chi connectivity index (χ4n) is 5.00. The molecule has 0 spiro atoms. The van der Waals surface area contributed by atoms with E-state index in [4.69, 9.17) is 0 Å². The first kappa shape index (κ1) is 23.9. The van der Waals surface area contributed by atoms with Crippen LogP contribution in [0.3, 0.4) is 0 Å². The van der Waals surface area contributed by atoms with Crippen LogP contribution in [0.5, 0.6) is 0 Å². The summed E-state index contributed by atoms with van der Waals surface area (Å²) in [6, 6.07) is 7.89. The molecule has 0 saturated carbocycles. The van der Waals surface area contributed by atoms with E-state index in [9.17, 15) is 9.90 Å². The molecule has 29 heavy (non-hydrogen) atoms. The molecule has 0 fully saturated rings. The standard InChI is InChI=1S/C26H39O2P/c1-8-20(9-2)25(5,6)21-15-18(4)16-22(24(21)28)26(7,10-3)29-23-14-12-11-13-19(23)17-27/h11-15,17,20,22,28-29H,8-10,16H2,1-7H3. The maximum atomic E-state index is 11.6. The molecule has 0 aromatic heterocycles. The van der Waals surface area contributed by atoms with Crippen molar-refractivity contribution in [2.45, 2.75) is 79.3 Å². The van der Waals surface area contributed by atoms with Crippen molar-refractivity contribution in [3.8, 4) is 0 Å². The van der Waals surface area contributed by atoms with Gasteiger partial charge in [0.2, 0.25) is 0 Å². The minimum atomic E-state index is -0.0893. The fourth-order valence-corrected chi connectivity index (χ4v) is 6.67. The lowest BCUT2D eigenvalue weighted by molar-refractivity contribution is 0.112. The van der Waals surface area contributed by atoms with Gasteiger partial charge in [-0.25, -0.2) is 0 Å². The number of hydrogen-bond donors (Lipinski definition) is 1. The van der Waals surface area contributed by atoms with Gasteiger partial charge >= 0.3 is 0 Å². The zero-order chi connectivity index (χ0) is 21.8. The molecule has 0 heterocycles.